The number of oxazole rings is 1. The molecule has 1 aromatic carbocycles. The third-order valence-electron chi connectivity index (χ3n) is 3.12. The molecule has 3 aromatic rings. The normalized spacial score (nSPS) is 12.1. The number of rotatable bonds is 5. The molecule has 5 nitrogen and oxygen atoms in total. The van der Waals surface area contributed by atoms with Gasteiger partial charge in [-0.15, -0.1) is 11.3 Å². The van der Waals surface area contributed by atoms with Crippen LogP contribution in [0, 0.1) is 11.3 Å². The number of benzene rings is 1. The van der Waals surface area contributed by atoms with Gasteiger partial charge in [-0.3, -0.25) is 4.79 Å². The van der Waals surface area contributed by atoms with Crippen LogP contribution < -0.4 is 0 Å². The van der Waals surface area contributed by atoms with Crippen molar-refractivity contribution in [3.63, 3.8) is 0 Å². The molecule has 0 saturated carbocycles. The number of ketones is 1. The third-order valence-corrected chi connectivity index (χ3v) is 3.75. The number of thiazole rings is 1. The highest BCUT2D eigenvalue weighted by Gasteiger charge is 2.25. The fraction of sp³-hybridized carbons (Fsp3) is 0.200. The molecule has 0 N–H and O–H groups in total. The first-order valence-electron chi connectivity index (χ1n) is 6.43. The van der Waals surface area contributed by atoms with E-state index in [-0.39, 0.29) is 18.1 Å². The summed E-state index contributed by atoms with van der Waals surface area (Å²) in [6, 6.07) is 9.19. The number of nitrogens with zero attached hydrogens (tertiary/aromatic N) is 3. The molecule has 3 rings (SSSR count). The van der Waals surface area contributed by atoms with Crippen molar-refractivity contribution < 1.29 is 9.21 Å². The minimum Gasteiger partial charge on any atom is -0.439 e. The number of para-hydroxylation sites is 2. The lowest BCUT2D eigenvalue weighted by molar-refractivity contribution is -0.119. The molecule has 0 amide bonds. The summed E-state index contributed by atoms with van der Waals surface area (Å²) in [5.74, 6) is -0.991. The third kappa shape index (κ3) is 2.83. The Morgan fingerprint density at radius 1 is 1.43 bits per heavy atom. The summed E-state index contributed by atoms with van der Waals surface area (Å²) in [4.78, 5) is 20.6. The molecule has 2 heterocycles. The van der Waals surface area contributed by atoms with Crippen LogP contribution in [0.15, 0.2) is 39.6 Å². The van der Waals surface area contributed by atoms with Crippen LogP contribution in [0.5, 0.6) is 0 Å². The van der Waals surface area contributed by atoms with Gasteiger partial charge in [0.2, 0.25) is 5.89 Å². The van der Waals surface area contributed by atoms with Gasteiger partial charge in [0.1, 0.15) is 5.52 Å². The van der Waals surface area contributed by atoms with Gasteiger partial charge < -0.3 is 4.42 Å². The van der Waals surface area contributed by atoms with Gasteiger partial charge in [0.15, 0.2) is 17.3 Å². The Labute approximate surface area is 124 Å². The summed E-state index contributed by atoms with van der Waals surface area (Å²) < 4.78 is 5.51. The molecule has 21 heavy (non-hydrogen) atoms. The number of hydrogen-bond acceptors (Lipinski definition) is 6. The van der Waals surface area contributed by atoms with Crippen LogP contribution in [0.4, 0.5) is 0 Å². The molecule has 1 atom stereocenters. The van der Waals surface area contributed by atoms with Gasteiger partial charge in [-0.2, -0.15) is 5.26 Å². The van der Waals surface area contributed by atoms with Crippen LogP contribution in [0.1, 0.15) is 23.9 Å². The van der Waals surface area contributed by atoms with E-state index in [0.29, 0.717) is 17.5 Å². The van der Waals surface area contributed by atoms with Gasteiger partial charge in [0, 0.05) is 11.8 Å². The maximum atomic E-state index is 12.2. The molecule has 2 aromatic heterocycles. The molecule has 0 aliphatic rings. The summed E-state index contributed by atoms with van der Waals surface area (Å²) in [5, 5.41) is 11.1. The first-order chi connectivity index (χ1) is 10.3. The van der Waals surface area contributed by atoms with Gasteiger partial charge in [-0.25, -0.2) is 9.97 Å². The number of hydrogen-bond donors (Lipinski definition) is 0. The molecular formula is C15H11N3O2S. The van der Waals surface area contributed by atoms with E-state index in [9.17, 15) is 10.1 Å². The average Bonchev–Trinajstić information content (AvgIpc) is 3.15. The number of nitriles is 1. The molecule has 0 spiro atoms. The van der Waals surface area contributed by atoms with Crippen molar-refractivity contribution in [2.75, 3.05) is 0 Å². The smallest absolute Gasteiger partial charge is 0.220 e. The van der Waals surface area contributed by atoms with Crippen LogP contribution in [-0.2, 0) is 11.2 Å². The van der Waals surface area contributed by atoms with E-state index in [1.165, 1.54) is 11.3 Å². The van der Waals surface area contributed by atoms with Crippen molar-refractivity contribution in [3.8, 4) is 6.07 Å². The minimum absolute atomic E-state index is 0.168. The quantitative estimate of drug-likeness (QED) is 0.723. The van der Waals surface area contributed by atoms with Gasteiger partial charge in [-0.1, -0.05) is 12.1 Å². The predicted molar refractivity (Wildman–Crippen MR) is 77.8 cm³/mol. The Hall–Kier alpha value is -2.52. The van der Waals surface area contributed by atoms with Crippen molar-refractivity contribution in [1.82, 2.24) is 9.97 Å². The molecule has 0 unspecified atom stereocenters. The van der Waals surface area contributed by atoms with Crippen molar-refractivity contribution >= 4 is 28.2 Å². The second kappa shape index (κ2) is 5.85. The largest absolute Gasteiger partial charge is 0.439 e. The number of carbonyl (C=O) groups is 1. The van der Waals surface area contributed by atoms with Crippen LogP contribution >= 0.6 is 11.3 Å². The first kappa shape index (κ1) is 13.5. The van der Waals surface area contributed by atoms with Crippen molar-refractivity contribution in [2.45, 2.75) is 18.8 Å². The van der Waals surface area contributed by atoms with Crippen LogP contribution in [0.2, 0.25) is 0 Å². The fourth-order valence-corrected chi connectivity index (χ4v) is 2.63. The van der Waals surface area contributed by atoms with Gasteiger partial charge in [0.25, 0.3) is 0 Å². The van der Waals surface area contributed by atoms with Crippen LogP contribution in [0.3, 0.4) is 0 Å². The fourth-order valence-electron chi connectivity index (χ4n) is 2.04. The van der Waals surface area contributed by atoms with E-state index in [0.717, 1.165) is 5.69 Å². The maximum Gasteiger partial charge on any atom is 0.220 e. The summed E-state index contributed by atoms with van der Waals surface area (Å²) >= 11 is 1.49. The number of carbonyl (C=O) groups excluding carboxylic acids is 1. The average molecular weight is 297 g/mol. The number of fused-ring (bicyclic) bond motifs is 1. The van der Waals surface area contributed by atoms with Gasteiger partial charge in [0.05, 0.1) is 17.3 Å². The zero-order valence-corrected chi connectivity index (χ0v) is 11.8. The second-order valence-electron chi connectivity index (χ2n) is 4.53. The molecule has 0 saturated heterocycles. The van der Waals surface area contributed by atoms with Gasteiger partial charge >= 0.3 is 0 Å². The number of Topliss-reactive ketones (excluding diaryl/α,β-unsaturated/α-hetero) is 1. The highest BCUT2D eigenvalue weighted by Crippen LogP contribution is 2.23. The zero-order valence-electron chi connectivity index (χ0n) is 11.0. The molecule has 0 fully saturated rings. The first-order valence-corrected chi connectivity index (χ1v) is 7.37. The Balaban J connectivity index is 1.77. The molecule has 0 aliphatic heterocycles. The van der Waals surface area contributed by atoms with E-state index < -0.39 is 5.92 Å². The lowest BCUT2D eigenvalue weighted by Crippen LogP contribution is -2.12. The minimum atomic E-state index is -0.962. The van der Waals surface area contributed by atoms with Crippen LogP contribution in [0.25, 0.3) is 11.1 Å². The zero-order chi connectivity index (χ0) is 14.7. The summed E-state index contributed by atoms with van der Waals surface area (Å²) in [7, 11) is 0. The van der Waals surface area contributed by atoms with Gasteiger partial charge in [-0.05, 0) is 18.6 Å². The predicted octanol–water partition coefficient (Wildman–Crippen LogP) is 3.09. The Kier molecular flexibility index (Phi) is 3.75. The van der Waals surface area contributed by atoms with Crippen molar-refractivity contribution in [1.29, 1.82) is 5.26 Å². The summed E-state index contributed by atoms with van der Waals surface area (Å²) in [6.45, 7) is 0. The molecule has 104 valence electrons. The van der Waals surface area contributed by atoms with E-state index >= 15 is 0 Å². The molecule has 0 radical (unpaired) electrons. The Morgan fingerprint density at radius 2 is 2.29 bits per heavy atom. The Morgan fingerprint density at radius 3 is 3.00 bits per heavy atom. The lowest BCUT2D eigenvalue weighted by Gasteiger charge is -2.02. The number of aryl methyl sites for hydroxylation is 1. The highest BCUT2D eigenvalue weighted by molar-refractivity contribution is 7.07. The van der Waals surface area contributed by atoms with E-state index in [4.69, 9.17) is 4.42 Å². The lowest BCUT2D eigenvalue weighted by atomic mass is 10.0. The monoisotopic (exact) mass is 297 g/mol. The van der Waals surface area contributed by atoms with E-state index in [2.05, 4.69) is 9.97 Å². The molecule has 0 bridgehead atoms. The summed E-state index contributed by atoms with van der Waals surface area (Å²) in [5.41, 5.74) is 3.82. The van der Waals surface area contributed by atoms with E-state index in [1.54, 1.807) is 17.6 Å². The SMILES string of the molecule is N#C[C@@H](C(=O)CCc1cscn1)c1nc2ccccc2o1. The van der Waals surface area contributed by atoms with Crippen LogP contribution in [-0.4, -0.2) is 15.8 Å². The standard InChI is InChI=1S/C15H11N3O2S/c16-7-11(13(19)6-5-10-8-21-9-17-10)15-18-12-3-1-2-4-14(12)20-15/h1-4,8-9,11H,5-6H2/t11-/m0/s1. The number of aromatic nitrogens is 2. The Bertz CT molecular complexity index is 769. The van der Waals surface area contributed by atoms with Crippen molar-refractivity contribution in [2.24, 2.45) is 0 Å². The molecular weight excluding hydrogens is 286 g/mol. The van der Waals surface area contributed by atoms with E-state index in [1.807, 2.05) is 23.6 Å². The molecule has 6 heteroatoms. The maximum absolute atomic E-state index is 12.2. The van der Waals surface area contributed by atoms with Crippen molar-refractivity contribution in [3.05, 3.63) is 46.7 Å². The highest BCUT2D eigenvalue weighted by atomic mass is 32.1. The second-order valence-corrected chi connectivity index (χ2v) is 5.25. The topological polar surface area (TPSA) is 79.8 Å². The summed E-state index contributed by atoms with van der Waals surface area (Å²) in [6.07, 6.45) is 0.779. The molecule has 0 aliphatic carbocycles.